The zero-order chi connectivity index (χ0) is 10.6. The Morgan fingerprint density at radius 3 is 2.43 bits per heavy atom. The van der Waals surface area contributed by atoms with E-state index in [9.17, 15) is 0 Å². The van der Waals surface area contributed by atoms with Crippen molar-refractivity contribution in [3.05, 3.63) is 27.1 Å². The van der Waals surface area contributed by atoms with Crippen LogP contribution in [0.5, 0.6) is 5.75 Å². The smallest absolute Gasteiger partial charge is 0.129 e. The van der Waals surface area contributed by atoms with Crippen LogP contribution in [0, 0.1) is 0 Å². The predicted molar refractivity (Wildman–Crippen MR) is 64.0 cm³/mol. The summed E-state index contributed by atoms with van der Waals surface area (Å²) in [7, 11) is 0. The number of hydrogen-bond acceptors (Lipinski definition) is 2. The first kappa shape index (κ1) is 12.3. The van der Waals surface area contributed by atoms with Crippen LogP contribution in [0.2, 0.25) is 0 Å². The average molecular weight is 344 g/mol. The van der Waals surface area contributed by atoms with Gasteiger partial charge in [-0.05, 0) is 34.1 Å². The van der Waals surface area contributed by atoms with Gasteiger partial charge in [-0.3, -0.25) is 0 Å². The maximum absolute atomic E-state index is 8.98. The zero-order valence-corrected chi connectivity index (χ0v) is 11.1. The van der Waals surface area contributed by atoms with Gasteiger partial charge in [0.15, 0.2) is 0 Å². The molecule has 0 spiro atoms. The molecule has 0 aliphatic carbocycles. The molecule has 0 amide bonds. The maximum atomic E-state index is 8.98. The van der Waals surface area contributed by atoms with Crippen LogP contribution in [0.4, 0.5) is 0 Å². The molecule has 2 rings (SSSR count). The number of alkyl halides is 1. The van der Waals surface area contributed by atoms with Crippen molar-refractivity contribution in [3.63, 3.8) is 0 Å². The lowest BCUT2D eigenvalue weighted by molar-refractivity contribution is 0.425. The first-order chi connectivity index (χ1) is 6.63. The molecule has 78 valence electrons. The van der Waals surface area contributed by atoms with Crippen molar-refractivity contribution >= 4 is 43.5 Å². The van der Waals surface area contributed by atoms with Gasteiger partial charge in [-0.15, -0.1) is 11.6 Å². The molecule has 1 aromatic carbocycles. The predicted octanol–water partition coefficient (Wildman–Crippen LogP) is 3.54. The van der Waals surface area contributed by atoms with E-state index in [-0.39, 0.29) is 5.75 Å². The Bertz CT molecular complexity index is 303. The Kier molecular flexibility index (Phi) is 5.23. The van der Waals surface area contributed by atoms with Gasteiger partial charge in [-0.1, -0.05) is 15.9 Å². The Balaban J connectivity index is 0.000000165. The van der Waals surface area contributed by atoms with E-state index in [1.807, 2.05) is 0 Å². The van der Waals surface area contributed by atoms with Crippen LogP contribution in [0.25, 0.3) is 0 Å². The van der Waals surface area contributed by atoms with E-state index in [0.29, 0.717) is 16.5 Å². The summed E-state index contributed by atoms with van der Waals surface area (Å²) >= 11 is 11.7. The van der Waals surface area contributed by atoms with E-state index in [4.69, 9.17) is 21.4 Å². The topological polar surface area (TPSA) is 32.8 Å². The monoisotopic (exact) mass is 342 g/mol. The molecule has 1 unspecified atom stereocenters. The van der Waals surface area contributed by atoms with Crippen molar-refractivity contribution < 1.29 is 9.84 Å². The summed E-state index contributed by atoms with van der Waals surface area (Å²) in [5.41, 5.74) is 0. The third kappa shape index (κ3) is 4.64. The number of aromatic hydroxyl groups is 1. The fourth-order valence-corrected chi connectivity index (χ4v) is 1.86. The number of phenols is 1. The molecule has 2 nitrogen and oxygen atoms in total. The lowest BCUT2D eigenvalue weighted by atomic mass is 10.3. The molecule has 0 radical (unpaired) electrons. The van der Waals surface area contributed by atoms with Gasteiger partial charge in [-0.2, -0.15) is 0 Å². The van der Waals surface area contributed by atoms with Crippen LogP contribution in [-0.4, -0.2) is 23.7 Å². The lowest BCUT2D eigenvalue weighted by Crippen LogP contribution is -1.80. The van der Waals surface area contributed by atoms with Crippen LogP contribution in [0.1, 0.15) is 0 Å². The highest BCUT2D eigenvalue weighted by Crippen LogP contribution is 2.26. The normalized spacial score (nSPS) is 18.4. The van der Waals surface area contributed by atoms with E-state index in [0.717, 1.165) is 11.1 Å². The van der Waals surface area contributed by atoms with E-state index >= 15 is 0 Å². The highest BCUT2D eigenvalue weighted by molar-refractivity contribution is 9.11. The molecule has 0 aromatic heterocycles. The van der Waals surface area contributed by atoms with Crippen molar-refractivity contribution in [1.82, 2.24) is 0 Å². The first-order valence-corrected chi connectivity index (χ1v) is 6.07. The van der Waals surface area contributed by atoms with Crippen LogP contribution in [-0.2, 0) is 4.74 Å². The van der Waals surface area contributed by atoms with E-state index < -0.39 is 0 Å². The summed E-state index contributed by atoms with van der Waals surface area (Å²) in [6.07, 6.45) is 0.400. The van der Waals surface area contributed by atoms with E-state index in [2.05, 4.69) is 31.9 Å². The van der Waals surface area contributed by atoms with Gasteiger partial charge >= 0.3 is 0 Å². The summed E-state index contributed by atoms with van der Waals surface area (Å²) in [4.78, 5) is 0. The molecule has 1 atom stereocenters. The van der Waals surface area contributed by atoms with Crippen molar-refractivity contribution in [3.8, 4) is 5.75 Å². The molecular weight excluding hydrogens is 335 g/mol. The van der Waals surface area contributed by atoms with Gasteiger partial charge in [0.25, 0.3) is 0 Å². The quantitative estimate of drug-likeness (QED) is 0.624. The number of epoxide rings is 1. The third-order valence-corrected chi connectivity index (χ3v) is 2.96. The van der Waals surface area contributed by atoms with Gasteiger partial charge < -0.3 is 9.84 Å². The minimum Gasteiger partial charge on any atom is -0.507 e. The molecular formula is C9H9Br2ClO2. The van der Waals surface area contributed by atoms with Crippen LogP contribution in [0.15, 0.2) is 27.1 Å². The average Bonchev–Trinajstić information content (AvgIpc) is 2.96. The largest absolute Gasteiger partial charge is 0.507 e. The molecule has 5 heteroatoms. The molecule has 1 fully saturated rings. The fraction of sp³-hybridized carbons (Fsp3) is 0.333. The summed E-state index contributed by atoms with van der Waals surface area (Å²) in [5, 5.41) is 8.98. The minimum absolute atomic E-state index is 0.262. The molecule has 1 saturated heterocycles. The second-order valence-electron chi connectivity index (χ2n) is 2.71. The number of halogens is 3. The van der Waals surface area contributed by atoms with Crippen LogP contribution >= 0.6 is 43.5 Å². The highest BCUT2D eigenvalue weighted by Gasteiger charge is 2.19. The Labute approximate surface area is 104 Å². The van der Waals surface area contributed by atoms with Gasteiger partial charge in [0.1, 0.15) is 5.75 Å². The molecule has 1 aromatic rings. The van der Waals surface area contributed by atoms with Crippen molar-refractivity contribution in [2.45, 2.75) is 6.10 Å². The van der Waals surface area contributed by atoms with E-state index in [1.165, 1.54) is 0 Å². The van der Waals surface area contributed by atoms with Crippen molar-refractivity contribution in [2.24, 2.45) is 0 Å². The molecule has 1 heterocycles. The third-order valence-electron chi connectivity index (χ3n) is 1.48. The molecule has 0 bridgehead atoms. The van der Waals surface area contributed by atoms with E-state index in [1.54, 1.807) is 18.2 Å². The maximum Gasteiger partial charge on any atom is 0.129 e. The number of hydrogen-bond donors (Lipinski definition) is 1. The lowest BCUT2D eigenvalue weighted by Gasteiger charge is -1.94. The first-order valence-electron chi connectivity index (χ1n) is 3.95. The van der Waals surface area contributed by atoms with Gasteiger partial charge in [0.05, 0.1) is 23.1 Å². The molecule has 1 aliphatic rings. The molecule has 14 heavy (non-hydrogen) atoms. The second kappa shape index (κ2) is 5.95. The number of phenolic OH excluding ortho intramolecular Hbond substituents is 1. The Hall–Kier alpha value is 0.230. The van der Waals surface area contributed by atoms with Crippen molar-refractivity contribution in [1.29, 1.82) is 0 Å². The van der Waals surface area contributed by atoms with Crippen molar-refractivity contribution in [2.75, 3.05) is 12.5 Å². The number of ether oxygens (including phenoxy) is 1. The standard InChI is InChI=1S/C6H4Br2O.C3H5ClO/c7-4-1-2-6(9)5(8)3-4;4-1-3-2-5-3/h1-3,9H;3H,1-2H2. The number of rotatable bonds is 1. The Morgan fingerprint density at radius 2 is 2.14 bits per heavy atom. The summed E-state index contributed by atoms with van der Waals surface area (Å²) in [5.74, 6) is 0.929. The van der Waals surface area contributed by atoms with Gasteiger partial charge in [-0.25, -0.2) is 0 Å². The second-order valence-corrected chi connectivity index (χ2v) is 4.78. The van der Waals surface area contributed by atoms with Gasteiger partial charge in [0, 0.05) is 4.47 Å². The zero-order valence-electron chi connectivity index (χ0n) is 7.21. The molecule has 1 aliphatic heterocycles. The minimum atomic E-state index is 0.262. The van der Waals surface area contributed by atoms with Crippen LogP contribution < -0.4 is 0 Å². The Morgan fingerprint density at radius 1 is 1.50 bits per heavy atom. The highest BCUT2D eigenvalue weighted by atomic mass is 79.9. The number of benzene rings is 1. The SMILES string of the molecule is ClCC1CO1.Oc1ccc(Br)cc1Br. The van der Waals surface area contributed by atoms with Gasteiger partial charge in [0.2, 0.25) is 0 Å². The fourth-order valence-electron chi connectivity index (χ4n) is 0.638. The summed E-state index contributed by atoms with van der Waals surface area (Å²) in [6.45, 7) is 0.878. The molecule has 0 saturated carbocycles. The van der Waals surface area contributed by atoms with Crippen LogP contribution in [0.3, 0.4) is 0 Å². The molecule has 1 N–H and O–H groups in total. The summed E-state index contributed by atoms with van der Waals surface area (Å²) in [6, 6.07) is 5.18. The summed E-state index contributed by atoms with van der Waals surface area (Å²) < 4.78 is 6.38.